The number of hydrogen-bond acceptors (Lipinski definition) is 5. The third-order valence-corrected chi connectivity index (χ3v) is 5.01. The molecule has 35 heavy (non-hydrogen) atoms. The molecular formula is C25H21F3N4O3. The number of anilines is 1. The van der Waals surface area contributed by atoms with Crippen molar-refractivity contribution >= 4 is 11.6 Å². The second kappa shape index (κ2) is 9.88. The van der Waals surface area contributed by atoms with Gasteiger partial charge in [0.15, 0.2) is 5.82 Å². The average Bonchev–Trinajstić information content (AvgIpc) is 3.28. The molecule has 4 aromatic rings. The Morgan fingerprint density at radius 2 is 1.77 bits per heavy atom. The van der Waals surface area contributed by atoms with E-state index in [-0.39, 0.29) is 11.9 Å². The number of alkyl halides is 3. The van der Waals surface area contributed by atoms with Crippen LogP contribution in [0.25, 0.3) is 17.1 Å². The number of nitrogens with one attached hydrogen (secondary N) is 1. The molecule has 0 atom stereocenters. The smallest absolute Gasteiger partial charge is 0.416 e. The molecule has 1 aromatic heterocycles. The molecule has 0 aliphatic heterocycles. The van der Waals surface area contributed by atoms with E-state index in [1.165, 1.54) is 23.9 Å². The molecule has 7 nitrogen and oxygen atoms in total. The van der Waals surface area contributed by atoms with Gasteiger partial charge in [-0.15, -0.1) is 5.10 Å². The number of hydrogen-bond donors (Lipinski definition) is 1. The van der Waals surface area contributed by atoms with Crippen LogP contribution in [0, 0.1) is 0 Å². The van der Waals surface area contributed by atoms with Crippen molar-refractivity contribution < 1.29 is 27.4 Å². The number of carbonyl (C=O) groups excluding carboxylic acids is 1. The number of aromatic nitrogens is 3. The van der Waals surface area contributed by atoms with Crippen molar-refractivity contribution in [2.45, 2.75) is 13.1 Å². The lowest BCUT2D eigenvalue weighted by molar-refractivity contribution is -0.137. The monoisotopic (exact) mass is 482 g/mol. The molecule has 0 fully saturated rings. The number of halogens is 3. The average molecular weight is 482 g/mol. The Labute approximate surface area is 199 Å². The minimum absolute atomic E-state index is 0.0771. The molecule has 0 radical (unpaired) electrons. The Bertz CT molecular complexity index is 1330. The second-order valence-corrected chi connectivity index (χ2v) is 7.37. The Balaban J connectivity index is 1.67. The normalized spacial score (nSPS) is 11.2. The summed E-state index contributed by atoms with van der Waals surface area (Å²) in [6.07, 6.45) is -4.45. The fourth-order valence-corrected chi connectivity index (χ4v) is 3.34. The van der Waals surface area contributed by atoms with Gasteiger partial charge in [0.2, 0.25) is 0 Å². The molecule has 180 valence electrons. The molecule has 4 rings (SSSR count). The van der Waals surface area contributed by atoms with Crippen LogP contribution in [-0.4, -0.2) is 34.4 Å². The van der Waals surface area contributed by atoms with Crippen LogP contribution in [0.5, 0.6) is 11.8 Å². The summed E-state index contributed by atoms with van der Waals surface area (Å²) in [6.45, 7) is 2.08. The van der Waals surface area contributed by atoms with Crippen LogP contribution in [0.2, 0.25) is 0 Å². The molecule has 0 aliphatic carbocycles. The summed E-state index contributed by atoms with van der Waals surface area (Å²) in [5, 5.41) is 7.17. The minimum Gasteiger partial charge on any atom is -0.497 e. The second-order valence-electron chi connectivity index (χ2n) is 7.37. The van der Waals surface area contributed by atoms with Gasteiger partial charge in [-0.1, -0.05) is 24.3 Å². The summed E-state index contributed by atoms with van der Waals surface area (Å²) >= 11 is 0. The minimum atomic E-state index is -4.45. The molecular weight excluding hydrogens is 461 g/mol. The molecule has 0 unspecified atom stereocenters. The lowest BCUT2D eigenvalue weighted by Gasteiger charge is -2.11. The van der Waals surface area contributed by atoms with Crippen molar-refractivity contribution in [2.24, 2.45) is 0 Å². The Hall–Kier alpha value is -4.34. The first kappa shape index (κ1) is 23.8. The van der Waals surface area contributed by atoms with Crippen molar-refractivity contribution in [1.82, 2.24) is 14.8 Å². The quantitative estimate of drug-likeness (QED) is 0.370. The third-order valence-electron chi connectivity index (χ3n) is 5.01. The molecule has 0 aliphatic rings. The molecule has 3 aromatic carbocycles. The van der Waals surface area contributed by atoms with E-state index in [0.29, 0.717) is 40.7 Å². The summed E-state index contributed by atoms with van der Waals surface area (Å²) < 4.78 is 51.0. The van der Waals surface area contributed by atoms with Gasteiger partial charge in [0.05, 0.1) is 25.0 Å². The molecule has 1 heterocycles. The van der Waals surface area contributed by atoms with E-state index < -0.39 is 11.7 Å². The summed E-state index contributed by atoms with van der Waals surface area (Å²) in [4.78, 5) is 17.1. The van der Waals surface area contributed by atoms with E-state index in [0.717, 1.165) is 12.1 Å². The molecule has 0 spiro atoms. The molecule has 10 heteroatoms. The van der Waals surface area contributed by atoms with Gasteiger partial charge in [0.25, 0.3) is 5.91 Å². The van der Waals surface area contributed by atoms with Crippen molar-refractivity contribution in [2.75, 3.05) is 19.0 Å². The van der Waals surface area contributed by atoms with Gasteiger partial charge in [0, 0.05) is 16.8 Å². The molecule has 1 amide bonds. The predicted octanol–water partition coefficient (Wildman–Crippen LogP) is 5.61. The zero-order valence-electron chi connectivity index (χ0n) is 18.8. The highest BCUT2D eigenvalue weighted by Gasteiger charge is 2.30. The van der Waals surface area contributed by atoms with E-state index in [1.807, 2.05) is 0 Å². The standard InChI is InChI=1S/C25H21F3N4O3/c1-3-35-24-30-22(16-10-12-18(13-11-16)25(26,27)28)32(31-24)20-8-5-7-19(15-20)29-23(33)17-6-4-9-21(14-17)34-2/h4-15H,3H2,1-2H3,(H,29,33). The van der Waals surface area contributed by atoms with Crippen LogP contribution < -0.4 is 14.8 Å². The van der Waals surface area contributed by atoms with E-state index in [2.05, 4.69) is 15.4 Å². The van der Waals surface area contributed by atoms with E-state index in [4.69, 9.17) is 9.47 Å². The first-order chi connectivity index (χ1) is 16.8. The largest absolute Gasteiger partial charge is 0.497 e. The zero-order chi connectivity index (χ0) is 25.0. The highest BCUT2D eigenvalue weighted by Crippen LogP contribution is 2.32. The van der Waals surface area contributed by atoms with Gasteiger partial charge in [-0.25, -0.2) is 4.68 Å². The number of nitrogens with zero attached hydrogens (tertiary/aromatic N) is 3. The summed E-state index contributed by atoms with van der Waals surface area (Å²) in [7, 11) is 1.52. The maximum atomic E-state index is 13.0. The fourth-order valence-electron chi connectivity index (χ4n) is 3.34. The van der Waals surface area contributed by atoms with Crippen LogP contribution in [0.1, 0.15) is 22.8 Å². The van der Waals surface area contributed by atoms with Crippen molar-refractivity contribution in [3.05, 3.63) is 83.9 Å². The highest BCUT2D eigenvalue weighted by molar-refractivity contribution is 6.04. The first-order valence-electron chi connectivity index (χ1n) is 10.6. The van der Waals surface area contributed by atoms with E-state index in [9.17, 15) is 18.0 Å². The van der Waals surface area contributed by atoms with Gasteiger partial charge in [-0.3, -0.25) is 4.79 Å². The summed E-state index contributed by atoms with van der Waals surface area (Å²) in [6, 6.07) is 18.3. The van der Waals surface area contributed by atoms with E-state index >= 15 is 0 Å². The van der Waals surface area contributed by atoms with Crippen LogP contribution in [0.4, 0.5) is 18.9 Å². The lowest BCUT2D eigenvalue weighted by Crippen LogP contribution is -2.12. The van der Waals surface area contributed by atoms with Gasteiger partial charge in [0.1, 0.15) is 5.75 Å². The molecule has 1 N–H and O–H groups in total. The third kappa shape index (κ3) is 5.43. The maximum absolute atomic E-state index is 13.0. The van der Waals surface area contributed by atoms with Crippen molar-refractivity contribution in [3.63, 3.8) is 0 Å². The summed E-state index contributed by atoms with van der Waals surface area (Å²) in [5.74, 6) is 0.509. The lowest BCUT2D eigenvalue weighted by atomic mass is 10.1. The van der Waals surface area contributed by atoms with Crippen LogP contribution in [0.3, 0.4) is 0 Å². The SMILES string of the molecule is CCOc1nc(-c2ccc(C(F)(F)F)cc2)n(-c2cccc(NC(=O)c3cccc(OC)c3)c2)n1. The zero-order valence-corrected chi connectivity index (χ0v) is 18.8. The topological polar surface area (TPSA) is 78.3 Å². The number of ether oxygens (including phenoxy) is 2. The van der Waals surface area contributed by atoms with Crippen molar-refractivity contribution in [3.8, 4) is 28.8 Å². The van der Waals surface area contributed by atoms with E-state index in [1.54, 1.807) is 55.5 Å². The number of amides is 1. The predicted molar refractivity (Wildman–Crippen MR) is 124 cm³/mol. The van der Waals surface area contributed by atoms with Crippen LogP contribution in [-0.2, 0) is 6.18 Å². The number of benzene rings is 3. The molecule has 0 saturated heterocycles. The Morgan fingerprint density at radius 1 is 1.03 bits per heavy atom. The van der Waals surface area contributed by atoms with Gasteiger partial charge >= 0.3 is 12.2 Å². The number of carbonyl (C=O) groups is 1. The first-order valence-corrected chi connectivity index (χ1v) is 10.6. The van der Waals surface area contributed by atoms with Crippen molar-refractivity contribution in [1.29, 1.82) is 0 Å². The van der Waals surface area contributed by atoms with Crippen LogP contribution >= 0.6 is 0 Å². The maximum Gasteiger partial charge on any atom is 0.416 e. The molecule has 0 bridgehead atoms. The van der Waals surface area contributed by atoms with Crippen LogP contribution in [0.15, 0.2) is 72.8 Å². The van der Waals surface area contributed by atoms with Gasteiger partial charge in [-0.05, 0) is 55.5 Å². The molecule has 0 saturated carbocycles. The van der Waals surface area contributed by atoms with Gasteiger partial charge in [-0.2, -0.15) is 18.2 Å². The highest BCUT2D eigenvalue weighted by atomic mass is 19.4. The Morgan fingerprint density at radius 3 is 2.46 bits per heavy atom. The Kier molecular flexibility index (Phi) is 6.72. The number of rotatable bonds is 7. The summed E-state index contributed by atoms with van der Waals surface area (Å²) in [5.41, 5.74) is 1.09. The fraction of sp³-hybridized carbons (Fsp3) is 0.160. The van der Waals surface area contributed by atoms with Gasteiger partial charge < -0.3 is 14.8 Å². The number of methoxy groups -OCH3 is 1.